The van der Waals surface area contributed by atoms with Gasteiger partial charge in [-0.05, 0) is 47.5 Å². The summed E-state index contributed by atoms with van der Waals surface area (Å²) in [5.74, 6) is 0.644. The van der Waals surface area contributed by atoms with Gasteiger partial charge in [0.2, 0.25) is 0 Å². The minimum atomic E-state index is -0.0421. The molecule has 0 bridgehead atoms. The predicted molar refractivity (Wildman–Crippen MR) is 76.4 cm³/mol. The number of hydrogen-bond acceptors (Lipinski definition) is 4. The van der Waals surface area contributed by atoms with Gasteiger partial charge in [0.15, 0.2) is 0 Å². The first-order valence-electron chi connectivity index (χ1n) is 6.72. The highest BCUT2D eigenvalue weighted by molar-refractivity contribution is 9.10. The van der Waals surface area contributed by atoms with Crippen LogP contribution in [0.15, 0.2) is 15.5 Å². The number of rotatable bonds is 5. The van der Waals surface area contributed by atoms with Crippen LogP contribution in [0.25, 0.3) is 0 Å². The van der Waals surface area contributed by atoms with Crippen molar-refractivity contribution < 1.29 is 4.74 Å². The van der Waals surface area contributed by atoms with Crippen molar-refractivity contribution in [2.24, 2.45) is 5.92 Å². The molecule has 0 atom stereocenters. The molecule has 2 aliphatic carbocycles. The fourth-order valence-corrected chi connectivity index (χ4v) is 2.76. The minimum Gasteiger partial charge on any atom is -0.381 e. The van der Waals surface area contributed by atoms with Gasteiger partial charge in [0.05, 0.1) is 18.0 Å². The highest BCUT2D eigenvalue weighted by atomic mass is 79.9. The summed E-state index contributed by atoms with van der Waals surface area (Å²) in [6.07, 6.45) is 6.48. The number of nitrogens with zero attached hydrogens (tertiary/aromatic N) is 2. The summed E-state index contributed by atoms with van der Waals surface area (Å²) in [6, 6.07) is 0.377. The zero-order valence-electron chi connectivity index (χ0n) is 10.9. The van der Waals surface area contributed by atoms with Gasteiger partial charge in [0, 0.05) is 19.7 Å². The molecule has 1 heterocycles. The van der Waals surface area contributed by atoms with E-state index in [1.54, 1.807) is 18.0 Å². The summed E-state index contributed by atoms with van der Waals surface area (Å²) in [4.78, 5) is 12.2. The van der Waals surface area contributed by atoms with E-state index in [9.17, 15) is 4.79 Å². The number of halogens is 1. The Morgan fingerprint density at radius 2 is 2.26 bits per heavy atom. The van der Waals surface area contributed by atoms with E-state index in [0.717, 1.165) is 25.1 Å². The van der Waals surface area contributed by atoms with Gasteiger partial charge in [-0.2, -0.15) is 5.10 Å². The van der Waals surface area contributed by atoms with Crippen molar-refractivity contribution in [1.29, 1.82) is 0 Å². The number of nitrogens with one attached hydrogen (secondary N) is 1. The topological polar surface area (TPSA) is 56.1 Å². The third-order valence-electron chi connectivity index (χ3n) is 3.90. The lowest BCUT2D eigenvalue weighted by Gasteiger charge is -2.35. The highest BCUT2D eigenvalue weighted by Gasteiger charge is 2.30. The molecule has 0 spiro atoms. The smallest absolute Gasteiger partial charge is 0.283 e. The molecular weight excluding hydrogens is 310 g/mol. The van der Waals surface area contributed by atoms with Crippen molar-refractivity contribution in [2.45, 2.75) is 44.4 Å². The monoisotopic (exact) mass is 327 g/mol. The van der Waals surface area contributed by atoms with Crippen LogP contribution in [0.5, 0.6) is 0 Å². The highest BCUT2D eigenvalue weighted by Crippen LogP contribution is 2.31. The minimum absolute atomic E-state index is 0.0421. The molecule has 0 amide bonds. The van der Waals surface area contributed by atoms with Crippen molar-refractivity contribution in [3.05, 3.63) is 21.0 Å². The quantitative estimate of drug-likeness (QED) is 0.898. The Morgan fingerprint density at radius 3 is 2.89 bits per heavy atom. The Labute approximate surface area is 120 Å². The zero-order chi connectivity index (χ0) is 13.4. The second kappa shape index (κ2) is 5.25. The standard InChI is InChI=1S/C13H18BrN3O2/c1-19-10-4-9(5-10)16-11-6-15-17(7-8-2-3-8)13(18)12(11)14/h6,8-10,16H,2-5,7H2,1H3. The van der Waals surface area contributed by atoms with Gasteiger partial charge in [-0.1, -0.05) is 0 Å². The second-order valence-electron chi connectivity index (χ2n) is 5.47. The van der Waals surface area contributed by atoms with Crippen LogP contribution in [0.4, 0.5) is 5.69 Å². The molecule has 2 fully saturated rings. The first kappa shape index (κ1) is 13.1. The van der Waals surface area contributed by atoms with Gasteiger partial charge in [-0.25, -0.2) is 4.68 Å². The fraction of sp³-hybridized carbons (Fsp3) is 0.692. The van der Waals surface area contributed by atoms with Gasteiger partial charge in [-0.3, -0.25) is 4.79 Å². The van der Waals surface area contributed by atoms with Crippen molar-refractivity contribution in [3.8, 4) is 0 Å². The summed E-state index contributed by atoms with van der Waals surface area (Å²) in [7, 11) is 1.73. The third kappa shape index (κ3) is 2.84. The number of ether oxygens (including phenoxy) is 1. The average Bonchev–Trinajstić information content (AvgIpc) is 3.15. The van der Waals surface area contributed by atoms with Gasteiger partial charge in [0.1, 0.15) is 4.47 Å². The van der Waals surface area contributed by atoms with Gasteiger partial charge in [-0.15, -0.1) is 0 Å². The van der Waals surface area contributed by atoms with Crippen molar-refractivity contribution in [1.82, 2.24) is 9.78 Å². The normalized spacial score (nSPS) is 26.0. The number of methoxy groups -OCH3 is 1. The molecule has 0 saturated heterocycles. The largest absolute Gasteiger partial charge is 0.381 e. The maximum atomic E-state index is 12.2. The molecule has 3 rings (SSSR count). The molecule has 2 saturated carbocycles. The van der Waals surface area contributed by atoms with E-state index in [1.165, 1.54) is 12.8 Å². The van der Waals surface area contributed by atoms with E-state index in [1.807, 2.05) is 0 Å². The van der Waals surface area contributed by atoms with Crippen LogP contribution in [0, 0.1) is 5.92 Å². The van der Waals surface area contributed by atoms with Gasteiger partial charge < -0.3 is 10.1 Å². The Hall–Kier alpha value is -0.880. The summed E-state index contributed by atoms with van der Waals surface area (Å²) < 4.78 is 7.39. The Balaban J connectivity index is 1.68. The van der Waals surface area contributed by atoms with Crippen LogP contribution in [-0.2, 0) is 11.3 Å². The molecule has 6 heteroatoms. The maximum absolute atomic E-state index is 12.2. The predicted octanol–water partition coefficient (Wildman–Crippen LogP) is 2.01. The molecule has 1 aromatic heterocycles. The summed E-state index contributed by atoms with van der Waals surface area (Å²) in [5, 5.41) is 7.60. The molecule has 19 heavy (non-hydrogen) atoms. The molecule has 104 valence electrons. The Morgan fingerprint density at radius 1 is 1.53 bits per heavy atom. The van der Waals surface area contributed by atoms with Crippen LogP contribution in [0.1, 0.15) is 25.7 Å². The zero-order valence-corrected chi connectivity index (χ0v) is 12.5. The molecular formula is C13H18BrN3O2. The molecule has 0 aliphatic heterocycles. The molecule has 0 radical (unpaired) electrons. The second-order valence-corrected chi connectivity index (χ2v) is 6.27. The van der Waals surface area contributed by atoms with Crippen LogP contribution >= 0.6 is 15.9 Å². The number of aromatic nitrogens is 2. The maximum Gasteiger partial charge on any atom is 0.283 e. The van der Waals surface area contributed by atoms with Gasteiger partial charge >= 0.3 is 0 Å². The van der Waals surface area contributed by atoms with Crippen molar-refractivity contribution >= 4 is 21.6 Å². The lowest BCUT2D eigenvalue weighted by molar-refractivity contribution is 0.0328. The van der Waals surface area contributed by atoms with Crippen LogP contribution < -0.4 is 10.9 Å². The molecule has 0 aromatic carbocycles. The van der Waals surface area contributed by atoms with E-state index in [2.05, 4.69) is 26.3 Å². The van der Waals surface area contributed by atoms with E-state index >= 15 is 0 Å². The Kier molecular flexibility index (Phi) is 3.62. The van der Waals surface area contributed by atoms with Crippen LogP contribution in [0.3, 0.4) is 0 Å². The Bertz CT molecular complexity index is 521. The average molecular weight is 328 g/mol. The summed E-state index contributed by atoms with van der Waals surface area (Å²) in [6.45, 7) is 0.743. The van der Waals surface area contributed by atoms with E-state index < -0.39 is 0 Å². The third-order valence-corrected chi connectivity index (χ3v) is 4.67. The number of anilines is 1. The first-order valence-corrected chi connectivity index (χ1v) is 7.51. The summed E-state index contributed by atoms with van der Waals surface area (Å²) >= 11 is 3.39. The molecule has 5 nitrogen and oxygen atoms in total. The molecule has 2 aliphatic rings. The van der Waals surface area contributed by atoms with Gasteiger partial charge in [0.25, 0.3) is 5.56 Å². The fourth-order valence-electron chi connectivity index (χ4n) is 2.34. The van der Waals surface area contributed by atoms with E-state index in [4.69, 9.17) is 4.74 Å². The van der Waals surface area contributed by atoms with Crippen molar-refractivity contribution in [2.75, 3.05) is 12.4 Å². The van der Waals surface area contributed by atoms with Crippen molar-refractivity contribution in [3.63, 3.8) is 0 Å². The first-order chi connectivity index (χ1) is 9.17. The van der Waals surface area contributed by atoms with Crippen LogP contribution in [0.2, 0.25) is 0 Å². The summed E-state index contributed by atoms with van der Waals surface area (Å²) in [5.41, 5.74) is 0.746. The lowest BCUT2D eigenvalue weighted by Crippen LogP contribution is -2.40. The van der Waals surface area contributed by atoms with E-state index in [-0.39, 0.29) is 5.56 Å². The molecule has 0 unspecified atom stereocenters. The molecule has 1 N–H and O–H groups in total. The number of hydrogen-bond donors (Lipinski definition) is 1. The van der Waals surface area contributed by atoms with E-state index in [0.29, 0.717) is 22.5 Å². The molecule has 1 aromatic rings. The SMILES string of the molecule is COC1CC(Nc2cnn(CC3CC3)c(=O)c2Br)C1. The van der Waals surface area contributed by atoms with Crippen LogP contribution in [-0.4, -0.2) is 29.0 Å². The lowest BCUT2D eigenvalue weighted by atomic mass is 9.89.